The van der Waals surface area contributed by atoms with E-state index in [9.17, 15) is 4.79 Å². The lowest BCUT2D eigenvalue weighted by molar-refractivity contribution is -0.117. The van der Waals surface area contributed by atoms with E-state index in [2.05, 4.69) is 24.4 Å². The van der Waals surface area contributed by atoms with Crippen LogP contribution in [0.25, 0.3) is 0 Å². The Labute approximate surface area is 107 Å². The molecule has 3 nitrogen and oxygen atoms in total. The SMILES string of the molecule is CCC(Sc1cccc(C(C)NC)c1)C(N)=O. The Balaban J connectivity index is 2.81. The molecule has 4 heteroatoms. The van der Waals surface area contributed by atoms with Crippen molar-refractivity contribution < 1.29 is 4.79 Å². The van der Waals surface area contributed by atoms with E-state index in [1.807, 2.05) is 26.1 Å². The van der Waals surface area contributed by atoms with Crippen LogP contribution in [0.15, 0.2) is 29.2 Å². The molecule has 17 heavy (non-hydrogen) atoms. The Morgan fingerprint density at radius 3 is 2.76 bits per heavy atom. The van der Waals surface area contributed by atoms with Gasteiger partial charge >= 0.3 is 0 Å². The van der Waals surface area contributed by atoms with Crippen LogP contribution in [0.2, 0.25) is 0 Å². The molecule has 3 N–H and O–H groups in total. The van der Waals surface area contributed by atoms with E-state index in [1.54, 1.807) is 0 Å². The lowest BCUT2D eigenvalue weighted by Crippen LogP contribution is -2.24. The number of carbonyl (C=O) groups is 1. The zero-order valence-corrected chi connectivity index (χ0v) is 11.4. The number of nitrogens with one attached hydrogen (secondary N) is 1. The third-order valence-corrected chi connectivity index (χ3v) is 4.13. The number of rotatable bonds is 6. The molecule has 1 aromatic carbocycles. The quantitative estimate of drug-likeness (QED) is 0.764. The molecule has 0 radical (unpaired) electrons. The van der Waals surface area contributed by atoms with Crippen LogP contribution >= 0.6 is 11.8 Å². The lowest BCUT2D eigenvalue weighted by atomic mass is 10.1. The summed E-state index contributed by atoms with van der Waals surface area (Å²) >= 11 is 1.54. The van der Waals surface area contributed by atoms with Crippen molar-refractivity contribution in [3.63, 3.8) is 0 Å². The van der Waals surface area contributed by atoms with E-state index in [4.69, 9.17) is 5.73 Å². The van der Waals surface area contributed by atoms with Crippen molar-refractivity contribution in [2.24, 2.45) is 5.73 Å². The summed E-state index contributed by atoms with van der Waals surface area (Å²) in [5.74, 6) is -0.246. The number of nitrogens with two attached hydrogens (primary N) is 1. The van der Waals surface area contributed by atoms with Crippen molar-refractivity contribution in [1.82, 2.24) is 5.32 Å². The normalized spacial score (nSPS) is 14.3. The molecule has 0 saturated heterocycles. The average molecular weight is 252 g/mol. The van der Waals surface area contributed by atoms with Crippen molar-refractivity contribution in [3.05, 3.63) is 29.8 Å². The Bertz CT molecular complexity index is 381. The van der Waals surface area contributed by atoms with E-state index in [1.165, 1.54) is 17.3 Å². The van der Waals surface area contributed by atoms with Crippen LogP contribution in [-0.4, -0.2) is 18.2 Å². The van der Waals surface area contributed by atoms with Crippen LogP contribution in [0.1, 0.15) is 31.9 Å². The van der Waals surface area contributed by atoms with Gasteiger partial charge in [-0.2, -0.15) is 0 Å². The second-order valence-electron chi connectivity index (χ2n) is 4.00. The van der Waals surface area contributed by atoms with Crippen molar-refractivity contribution in [1.29, 1.82) is 0 Å². The third-order valence-electron chi connectivity index (χ3n) is 2.76. The summed E-state index contributed by atoms with van der Waals surface area (Å²) in [5.41, 5.74) is 6.57. The smallest absolute Gasteiger partial charge is 0.230 e. The minimum atomic E-state index is -0.246. The molecule has 2 atom stereocenters. The van der Waals surface area contributed by atoms with Gasteiger partial charge in [0.1, 0.15) is 0 Å². The highest BCUT2D eigenvalue weighted by atomic mass is 32.2. The summed E-state index contributed by atoms with van der Waals surface area (Å²) in [6.07, 6.45) is 0.756. The topological polar surface area (TPSA) is 55.1 Å². The van der Waals surface area contributed by atoms with Gasteiger partial charge in [0.15, 0.2) is 0 Å². The first-order chi connectivity index (χ1) is 8.08. The summed E-state index contributed by atoms with van der Waals surface area (Å²) < 4.78 is 0. The molecule has 0 aliphatic heterocycles. The Hall–Kier alpha value is -1.00. The Kier molecular flexibility index (Phi) is 5.51. The second kappa shape index (κ2) is 6.67. The Morgan fingerprint density at radius 2 is 2.24 bits per heavy atom. The van der Waals surface area contributed by atoms with Crippen molar-refractivity contribution in [3.8, 4) is 0 Å². The molecular weight excluding hydrogens is 232 g/mol. The summed E-state index contributed by atoms with van der Waals surface area (Å²) in [6, 6.07) is 8.53. The second-order valence-corrected chi connectivity index (χ2v) is 5.28. The maximum Gasteiger partial charge on any atom is 0.230 e. The van der Waals surface area contributed by atoms with Gasteiger partial charge in [-0.25, -0.2) is 0 Å². The van der Waals surface area contributed by atoms with Gasteiger partial charge in [-0.3, -0.25) is 4.79 Å². The first-order valence-corrected chi connectivity index (χ1v) is 6.69. The zero-order valence-electron chi connectivity index (χ0n) is 10.6. The average Bonchev–Trinajstić information content (AvgIpc) is 2.34. The molecule has 0 spiro atoms. The fraction of sp³-hybridized carbons (Fsp3) is 0.462. The highest BCUT2D eigenvalue weighted by molar-refractivity contribution is 8.00. The molecule has 1 amide bonds. The highest BCUT2D eigenvalue weighted by Crippen LogP contribution is 2.27. The third kappa shape index (κ3) is 4.06. The van der Waals surface area contributed by atoms with E-state index in [0.717, 1.165) is 11.3 Å². The number of amides is 1. The van der Waals surface area contributed by atoms with Gasteiger partial charge < -0.3 is 11.1 Å². The van der Waals surface area contributed by atoms with Crippen LogP contribution in [0.3, 0.4) is 0 Å². The van der Waals surface area contributed by atoms with Gasteiger partial charge in [-0.1, -0.05) is 19.1 Å². The predicted octanol–water partition coefficient (Wildman–Crippen LogP) is 2.32. The van der Waals surface area contributed by atoms with E-state index in [0.29, 0.717) is 6.04 Å². The first kappa shape index (κ1) is 14.1. The monoisotopic (exact) mass is 252 g/mol. The summed E-state index contributed by atoms with van der Waals surface area (Å²) in [7, 11) is 1.93. The van der Waals surface area contributed by atoms with Crippen molar-refractivity contribution >= 4 is 17.7 Å². The van der Waals surface area contributed by atoms with Gasteiger partial charge in [0, 0.05) is 10.9 Å². The fourth-order valence-electron chi connectivity index (χ4n) is 1.53. The van der Waals surface area contributed by atoms with Crippen molar-refractivity contribution in [2.45, 2.75) is 36.5 Å². The molecule has 0 aromatic heterocycles. The maximum atomic E-state index is 11.2. The van der Waals surface area contributed by atoms with Gasteiger partial charge in [-0.05, 0) is 38.1 Å². The van der Waals surface area contributed by atoms with Crippen LogP contribution in [-0.2, 0) is 4.79 Å². The molecular formula is C13H20N2OS. The highest BCUT2D eigenvalue weighted by Gasteiger charge is 2.14. The number of carbonyl (C=O) groups excluding carboxylic acids is 1. The molecule has 1 rings (SSSR count). The minimum Gasteiger partial charge on any atom is -0.369 e. The first-order valence-electron chi connectivity index (χ1n) is 5.81. The number of hydrogen-bond acceptors (Lipinski definition) is 3. The van der Waals surface area contributed by atoms with Gasteiger partial charge in [0.05, 0.1) is 5.25 Å². The summed E-state index contributed by atoms with van der Waals surface area (Å²) in [5, 5.41) is 3.05. The van der Waals surface area contributed by atoms with Crippen LogP contribution in [0.5, 0.6) is 0 Å². The van der Waals surface area contributed by atoms with Crippen LogP contribution in [0.4, 0.5) is 0 Å². The van der Waals surface area contributed by atoms with E-state index < -0.39 is 0 Å². The van der Waals surface area contributed by atoms with E-state index >= 15 is 0 Å². The molecule has 0 aliphatic carbocycles. The summed E-state index contributed by atoms with van der Waals surface area (Å²) in [6.45, 7) is 4.08. The molecule has 0 bridgehead atoms. The molecule has 1 aromatic rings. The molecule has 0 saturated carbocycles. The standard InChI is InChI=1S/C13H20N2OS/c1-4-12(13(14)16)17-11-7-5-6-10(8-11)9(2)15-3/h5-9,12,15H,4H2,1-3H3,(H2,14,16). The van der Waals surface area contributed by atoms with Gasteiger partial charge in [0.25, 0.3) is 0 Å². The molecule has 0 aliphatic rings. The zero-order chi connectivity index (χ0) is 12.8. The molecule has 0 heterocycles. The minimum absolute atomic E-state index is 0.143. The Morgan fingerprint density at radius 1 is 1.53 bits per heavy atom. The largest absolute Gasteiger partial charge is 0.369 e. The van der Waals surface area contributed by atoms with Crippen LogP contribution < -0.4 is 11.1 Å². The van der Waals surface area contributed by atoms with E-state index in [-0.39, 0.29) is 11.2 Å². The number of primary amides is 1. The maximum absolute atomic E-state index is 11.2. The lowest BCUT2D eigenvalue weighted by Gasteiger charge is -2.14. The number of benzene rings is 1. The summed E-state index contributed by atoms with van der Waals surface area (Å²) in [4.78, 5) is 12.3. The predicted molar refractivity (Wildman–Crippen MR) is 73.0 cm³/mol. The van der Waals surface area contributed by atoms with Crippen molar-refractivity contribution in [2.75, 3.05) is 7.05 Å². The van der Waals surface area contributed by atoms with Gasteiger partial charge in [-0.15, -0.1) is 11.8 Å². The number of thioether (sulfide) groups is 1. The van der Waals surface area contributed by atoms with Crippen LogP contribution in [0, 0.1) is 0 Å². The van der Waals surface area contributed by atoms with Gasteiger partial charge in [0.2, 0.25) is 5.91 Å². The number of hydrogen-bond donors (Lipinski definition) is 2. The fourth-order valence-corrected chi connectivity index (χ4v) is 2.50. The molecule has 94 valence electrons. The molecule has 2 unspecified atom stereocenters. The molecule has 0 fully saturated rings.